The van der Waals surface area contributed by atoms with Gasteiger partial charge in [0, 0.05) is 11.6 Å². The molecule has 66 valence electrons. The standard InChI is InChI=1S/C9H9N3O/c13-12-11-8-5-1-3-7-4-2-6-10-9(7)8/h1-6,11-13H. The van der Waals surface area contributed by atoms with Gasteiger partial charge in [-0.1, -0.05) is 18.2 Å². The fourth-order valence-electron chi connectivity index (χ4n) is 1.27. The molecule has 0 aliphatic carbocycles. The first-order valence-electron chi connectivity index (χ1n) is 3.90. The number of hydrogen-bond donors (Lipinski definition) is 3. The van der Waals surface area contributed by atoms with Gasteiger partial charge in [0.25, 0.3) is 0 Å². The van der Waals surface area contributed by atoms with Gasteiger partial charge in [-0.2, -0.15) is 0 Å². The third kappa shape index (κ3) is 1.44. The Kier molecular flexibility index (Phi) is 2.08. The molecule has 4 nitrogen and oxygen atoms in total. The van der Waals surface area contributed by atoms with Gasteiger partial charge in [0.05, 0.1) is 11.2 Å². The van der Waals surface area contributed by atoms with E-state index in [-0.39, 0.29) is 0 Å². The quantitative estimate of drug-likeness (QED) is 0.606. The first kappa shape index (κ1) is 7.97. The number of fused-ring (bicyclic) bond motifs is 1. The first-order chi connectivity index (χ1) is 6.42. The second-order valence-electron chi connectivity index (χ2n) is 2.62. The monoisotopic (exact) mass is 175 g/mol. The number of nitrogens with one attached hydrogen (secondary N) is 2. The van der Waals surface area contributed by atoms with E-state index in [4.69, 9.17) is 5.21 Å². The summed E-state index contributed by atoms with van der Waals surface area (Å²) in [6.07, 6.45) is 1.71. The fourth-order valence-corrected chi connectivity index (χ4v) is 1.27. The molecular weight excluding hydrogens is 166 g/mol. The predicted molar refractivity (Wildman–Crippen MR) is 50.3 cm³/mol. The van der Waals surface area contributed by atoms with Crippen LogP contribution in [0, 0.1) is 0 Å². The molecule has 1 aromatic carbocycles. The van der Waals surface area contributed by atoms with Crippen LogP contribution < -0.4 is 11.0 Å². The normalized spacial score (nSPS) is 10.2. The van der Waals surface area contributed by atoms with Crippen molar-refractivity contribution in [1.82, 2.24) is 10.6 Å². The highest BCUT2D eigenvalue weighted by molar-refractivity contribution is 5.89. The molecule has 0 aliphatic heterocycles. The highest BCUT2D eigenvalue weighted by atomic mass is 16.5. The maximum atomic E-state index is 8.49. The average molecular weight is 175 g/mol. The number of rotatable bonds is 2. The Morgan fingerprint density at radius 1 is 1.15 bits per heavy atom. The molecule has 0 unspecified atom stereocenters. The zero-order valence-corrected chi connectivity index (χ0v) is 6.86. The summed E-state index contributed by atoms with van der Waals surface area (Å²) in [6.45, 7) is 0. The summed E-state index contributed by atoms with van der Waals surface area (Å²) in [5.74, 6) is 0. The molecule has 13 heavy (non-hydrogen) atoms. The zero-order chi connectivity index (χ0) is 9.10. The topological polar surface area (TPSA) is 57.2 Å². The largest absolute Gasteiger partial charge is 0.297 e. The zero-order valence-electron chi connectivity index (χ0n) is 6.86. The van der Waals surface area contributed by atoms with E-state index in [0.29, 0.717) is 0 Å². The summed E-state index contributed by atoms with van der Waals surface area (Å²) in [6, 6.07) is 9.52. The number of pyridine rings is 1. The second kappa shape index (κ2) is 3.38. The van der Waals surface area contributed by atoms with E-state index in [9.17, 15) is 0 Å². The Hall–Kier alpha value is -1.65. The van der Waals surface area contributed by atoms with Crippen LogP contribution in [0.2, 0.25) is 0 Å². The summed E-state index contributed by atoms with van der Waals surface area (Å²) < 4.78 is 0. The molecule has 0 saturated carbocycles. The van der Waals surface area contributed by atoms with Gasteiger partial charge in [0.2, 0.25) is 0 Å². The van der Waals surface area contributed by atoms with Gasteiger partial charge in [-0.05, 0) is 12.1 Å². The molecule has 4 heteroatoms. The molecule has 0 bridgehead atoms. The third-order valence-corrected chi connectivity index (χ3v) is 1.82. The van der Waals surface area contributed by atoms with Gasteiger partial charge in [-0.25, -0.2) is 0 Å². The summed E-state index contributed by atoms with van der Waals surface area (Å²) in [4.78, 5) is 4.19. The Labute approximate surface area is 75.2 Å². The lowest BCUT2D eigenvalue weighted by molar-refractivity contribution is 0.193. The van der Waals surface area contributed by atoms with E-state index in [1.165, 1.54) is 0 Å². The van der Waals surface area contributed by atoms with Crippen molar-refractivity contribution in [2.75, 3.05) is 5.43 Å². The molecule has 0 spiro atoms. The molecule has 0 amide bonds. The van der Waals surface area contributed by atoms with Crippen LogP contribution in [0.15, 0.2) is 36.5 Å². The second-order valence-corrected chi connectivity index (χ2v) is 2.62. The number of para-hydroxylation sites is 1. The van der Waals surface area contributed by atoms with Crippen LogP contribution in [0.25, 0.3) is 10.9 Å². The average Bonchev–Trinajstić information content (AvgIpc) is 2.19. The molecule has 2 rings (SSSR count). The number of nitrogens with zero attached hydrogens (tertiary/aromatic N) is 1. The van der Waals surface area contributed by atoms with E-state index in [0.717, 1.165) is 16.6 Å². The minimum atomic E-state index is 0.751. The Bertz CT molecular complexity index is 411. The highest BCUT2D eigenvalue weighted by Gasteiger charge is 1.98. The summed E-state index contributed by atoms with van der Waals surface area (Å²) in [5, 5.41) is 9.52. The van der Waals surface area contributed by atoms with Gasteiger partial charge < -0.3 is 0 Å². The van der Waals surface area contributed by atoms with E-state index in [1.54, 1.807) is 6.20 Å². The maximum Gasteiger partial charge on any atom is 0.0947 e. The number of aromatic nitrogens is 1. The van der Waals surface area contributed by atoms with Crippen molar-refractivity contribution in [3.63, 3.8) is 0 Å². The number of hydrogen-bond acceptors (Lipinski definition) is 4. The smallest absolute Gasteiger partial charge is 0.0947 e. The third-order valence-electron chi connectivity index (χ3n) is 1.82. The summed E-state index contributed by atoms with van der Waals surface area (Å²) in [5.41, 5.74) is 6.06. The molecule has 3 N–H and O–H groups in total. The van der Waals surface area contributed by atoms with Crippen molar-refractivity contribution < 1.29 is 5.21 Å². The fraction of sp³-hybridized carbons (Fsp3) is 0. The molecule has 0 saturated heterocycles. The number of anilines is 1. The Morgan fingerprint density at radius 3 is 2.85 bits per heavy atom. The van der Waals surface area contributed by atoms with Crippen LogP contribution in [-0.2, 0) is 0 Å². The van der Waals surface area contributed by atoms with E-state index in [1.807, 2.05) is 35.9 Å². The van der Waals surface area contributed by atoms with Crippen LogP contribution in [0.1, 0.15) is 0 Å². The van der Waals surface area contributed by atoms with Crippen LogP contribution in [0.3, 0.4) is 0 Å². The summed E-state index contributed by atoms with van der Waals surface area (Å²) in [7, 11) is 0. The van der Waals surface area contributed by atoms with Gasteiger partial charge in [0.1, 0.15) is 0 Å². The lowest BCUT2D eigenvalue weighted by Crippen LogP contribution is -2.16. The molecule has 2 aromatic rings. The van der Waals surface area contributed by atoms with Crippen molar-refractivity contribution in [3.05, 3.63) is 36.5 Å². The number of benzene rings is 1. The Balaban J connectivity index is 2.61. The van der Waals surface area contributed by atoms with Crippen molar-refractivity contribution >= 4 is 16.6 Å². The van der Waals surface area contributed by atoms with Crippen LogP contribution in [0.4, 0.5) is 5.69 Å². The van der Waals surface area contributed by atoms with Crippen LogP contribution >= 0.6 is 0 Å². The van der Waals surface area contributed by atoms with Crippen molar-refractivity contribution in [3.8, 4) is 0 Å². The maximum absolute atomic E-state index is 8.49. The van der Waals surface area contributed by atoms with Crippen LogP contribution in [-0.4, -0.2) is 10.2 Å². The minimum absolute atomic E-state index is 0.751. The molecule has 1 aromatic heterocycles. The SMILES string of the molecule is ONNc1cccc2cccnc12. The molecule has 0 atom stereocenters. The first-order valence-corrected chi connectivity index (χ1v) is 3.90. The van der Waals surface area contributed by atoms with Crippen molar-refractivity contribution in [1.29, 1.82) is 0 Å². The van der Waals surface area contributed by atoms with Crippen molar-refractivity contribution in [2.24, 2.45) is 0 Å². The molecule has 1 heterocycles. The van der Waals surface area contributed by atoms with Gasteiger partial charge in [-0.3, -0.25) is 15.6 Å². The summed E-state index contributed by atoms with van der Waals surface area (Å²) >= 11 is 0. The lowest BCUT2D eigenvalue weighted by Gasteiger charge is -2.05. The lowest BCUT2D eigenvalue weighted by atomic mass is 10.2. The minimum Gasteiger partial charge on any atom is -0.297 e. The van der Waals surface area contributed by atoms with Crippen LogP contribution in [0.5, 0.6) is 0 Å². The van der Waals surface area contributed by atoms with E-state index < -0.39 is 0 Å². The highest BCUT2D eigenvalue weighted by Crippen LogP contribution is 2.19. The van der Waals surface area contributed by atoms with E-state index >= 15 is 0 Å². The van der Waals surface area contributed by atoms with Gasteiger partial charge in [-0.15, -0.1) is 5.59 Å². The van der Waals surface area contributed by atoms with E-state index in [2.05, 4.69) is 10.4 Å². The number of hydrazine groups is 1. The van der Waals surface area contributed by atoms with Gasteiger partial charge >= 0.3 is 0 Å². The molecule has 0 fully saturated rings. The molecular formula is C9H9N3O. The molecule has 0 aliphatic rings. The van der Waals surface area contributed by atoms with Gasteiger partial charge in [0.15, 0.2) is 0 Å². The Morgan fingerprint density at radius 2 is 2.00 bits per heavy atom. The molecule has 0 radical (unpaired) electrons. The predicted octanol–water partition coefficient (Wildman–Crippen LogP) is 1.54. The van der Waals surface area contributed by atoms with Crippen molar-refractivity contribution in [2.45, 2.75) is 0 Å².